The summed E-state index contributed by atoms with van der Waals surface area (Å²) >= 11 is 0. The summed E-state index contributed by atoms with van der Waals surface area (Å²) in [5.41, 5.74) is 2.18. The van der Waals surface area contributed by atoms with Crippen LogP contribution < -0.4 is 20.1 Å². The van der Waals surface area contributed by atoms with Gasteiger partial charge in [-0.3, -0.25) is 9.98 Å². The van der Waals surface area contributed by atoms with Crippen LogP contribution >= 0.6 is 24.0 Å². The van der Waals surface area contributed by atoms with Gasteiger partial charge in [-0.2, -0.15) is 0 Å². The lowest BCUT2D eigenvalue weighted by atomic mass is 10.1. The summed E-state index contributed by atoms with van der Waals surface area (Å²) in [6.07, 6.45) is 2.66. The number of benzene rings is 1. The van der Waals surface area contributed by atoms with E-state index in [1.807, 2.05) is 30.3 Å². The van der Waals surface area contributed by atoms with E-state index in [2.05, 4.69) is 26.7 Å². The molecule has 0 saturated carbocycles. The highest BCUT2D eigenvalue weighted by atomic mass is 127. The molecule has 0 radical (unpaired) electrons. The van der Waals surface area contributed by atoms with E-state index >= 15 is 0 Å². The first-order valence-corrected chi connectivity index (χ1v) is 8.08. The zero-order valence-corrected chi connectivity index (χ0v) is 16.5. The van der Waals surface area contributed by atoms with Crippen molar-refractivity contribution < 1.29 is 9.47 Å². The van der Waals surface area contributed by atoms with Crippen LogP contribution in [0.15, 0.2) is 47.6 Å². The molecule has 0 unspecified atom stereocenters. The molecule has 6 nitrogen and oxygen atoms in total. The molecule has 1 aliphatic heterocycles. The van der Waals surface area contributed by atoms with Crippen LogP contribution in [-0.2, 0) is 13.0 Å². The molecule has 25 heavy (non-hydrogen) atoms. The smallest absolute Gasteiger partial charge is 0.191 e. The SMILES string of the molecule is CN=C(NCCc1ccc2c(c1)OCCO2)NCc1ccccn1.I. The fraction of sp³-hybridized carbons (Fsp3) is 0.333. The van der Waals surface area contributed by atoms with E-state index in [1.165, 1.54) is 5.56 Å². The number of halogens is 1. The normalized spacial score (nSPS) is 12.9. The van der Waals surface area contributed by atoms with E-state index in [9.17, 15) is 0 Å². The Morgan fingerprint density at radius 2 is 1.96 bits per heavy atom. The molecule has 0 bridgehead atoms. The van der Waals surface area contributed by atoms with Gasteiger partial charge in [-0.05, 0) is 36.2 Å². The Balaban J connectivity index is 0.00000225. The summed E-state index contributed by atoms with van der Waals surface area (Å²) < 4.78 is 11.1. The van der Waals surface area contributed by atoms with Crippen LogP contribution in [0.5, 0.6) is 11.5 Å². The van der Waals surface area contributed by atoms with Gasteiger partial charge in [-0.15, -0.1) is 24.0 Å². The molecule has 0 amide bonds. The number of aromatic nitrogens is 1. The van der Waals surface area contributed by atoms with Gasteiger partial charge < -0.3 is 20.1 Å². The minimum atomic E-state index is 0. The average Bonchev–Trinajstić information content (AvgIpc) is 2.65. The van der Waals surface area contributed by atoms with Gasteiger partial charge in [0.05, 0.1) is 12.2 Å². The third kappa shape index (κ3) is 5.77. The van der Waals surface area contributed by atoms with E-state index < -0.39 is 0 Å². The minimum absolute atomic E-state index is 0. The third-order valence-corrected chi connectivity index (χ3v) is 3.70. The lowest BCUT2D eigenvalue weighted by Crippen LogP contribution is -2.38. The lowest BCUT2D eigenvalue weighted by Gasteiger charge is -2.19. The molecular formula is C18H23IN4O2. The van der Waals surface area contributed by atoms with Crippen LogP contribution in [0.25, 0.3) is 0 Å². The van der Waals surface area contributed by atoms with Crippen LogP contribution in [0.2, 0.25) is 0 Å². The first kappa shape index (κ1) is 19.3. The number of hydrogen-bond acceptors (Lipinski definition) is 4. The Kier molecular flexibility index (Phi) is 7.77. The molecule has 2 heterocycles. The van der Waals surface area contributed by atoms with Crippen LogP contribution in [0.4, 0.5) is 0 Å². The standard InChI is InChI=1S/C18H22N4O2.HI/c1-19-18(22-13-15-4-2-3-8-20-15)21-9-7-14-5-6-16-17(12-14)24-11-10-23-16;/h2-6,8,12H,7,9-11,13H2,1H3,(H2,19,21,22);1H. The molecule has 134 valence electrons. The summed E-state index contributed by atoms with van der Waals surface area (Å²) in [5.74, 6) is 2.42. The second-order valence-corrected chi connectivity index (χ2v) is 5.40. The van der Waals surface area contributed by atoms with Crippen molar-refractivity contribution in [1.29, 1.82) is 0 Å². The van der Waals surface area contributed by atoms with Crippen LogP contribution in [0.3, 0.4) is 0 Å². The summed E-state index contributed by atoms with van der Waals surface area (Å²) in [4.78, 5) is 8.51. The van der Waals surface area contributed by atoms with Crippen LogP contribution in [0, 0.1) is 0 Å². The zero-order valence-electron chi connectivity index (χ0n) is 14.2. The van der Waals surface area contributed by atoms with Gasteiger partial charge in [0, 0.05) is 19.8 Å². The number of pyridine rings is 1. The summed E-state index contributed by atoms with van der Waals surface area (Å²) in [5, 5.41) is 6.56. The zero-order chi connectivity index (χ0) is 16.6. The van der Waals surface area contributed by atoms with E-state index in [0.29, 0.717) is 19.8 Å². The Labute approximate surface area is 165 Å². The van der Waals surface area contributed by atoms with Crippen molar-refractivity contribution in [3.8, 4) is 11.5 Å². The molecule has 3 rings (SSSR count). The largest absolute Gasteiger partial charge is 0.486 e. The molecular weight excluding hydrogens is 431 g/mol. The summed E-state index contributed by atoms with van der Waals surface area (Å²) in [6.45, 7) is 2.65. The maximum Gasteiger partial charge on any atom is 0.191 e. The second-order valence-electron chi connectivity index (χ2n) is 5.40. The van der Waals surface area contributed by atoms with E-state index in [-0.39, 0.29) is 24.0 Å². The number of ether oxygens (including phenoxy) is 2. The number of hydrogen-bond donors (Lipinski definition) is 2. The van der Waals surface area contributed by atoms with Crippen molar-refractivity contribution >= 4 is 29.9 Å². The van der Waals surface area contributed by atoms with E-state index in [4.69, 9.17) is 9.47 Å². The molecule has 0 saturated heterocycles. The highest BCUT2D eigenvalue weighted by Crippen LogP contribution is 2.30. The van der Waals surface area contributed by atoms with Crippen molar-refractivity contribution in [3.63, 3.8) is 0 Å². The molecule has 2 aromatic rings. The Hall–Kier alpha value is -2.03. The number of rotatable bonds is 5. The van der Waals surface area contributed by atoms with Crippen molar-refractivity contribution in [3.05, 3.63) is 53.9 Å². The fourth-order valence-electron chi connectivity index (χ4n) is 2.47. The van der Waals surface area contributed by atoms with Gasteiger partial charge >= 0.3 is 0 Å². The van der Waals surface area contributed by atoms with Crippen molar-refractivity contribution in [1.82, 2.24) is 15.6 Å². The quantitative estimate of drug-likeness (QED) is 0.413. The van der Waals surface area contributed by atoms with Gasteiger partial charge in [0.25, 0.3) is 0 Å². The predicted molar refractivity (Wildman–Crippen MR) is 109 cm³/mol. The second kappa shape index (κ2) is 10.1. The number of nitrogens with zero attached hydrogens (tertiary/aromatic N) is 2. The van der Waals surface area contributed by atoms with Gasteiger partial charge in [-0.25, -0.2) is 0 Å². The molecule has 0 fully saturated rings. The first-order valence-electron chi connectivity index (χ1n) is 8.08. The molecule has 1 aromatic carbocycles. The first-order chi connectivity index (χ1) is 11.8. The number of fused-ring (bicyclic) bond motifs is 1. The van der Waals surface area contributed by atoms with Crippen LogP contribution in [-0.4, -0.2) is 37.7 Å². The molecule has 1 aromatic heterocycles. The Morgan fingerprint density at radius 1 is 1.12 bits per heavy atom. The predicted octanol–water partition coefficient (Wildman–Crippen LogP) is 2.38. The van der Waals surface area contributed by atoms with Gasteiger partial charge in [0.1, 0.15) is 13.2 Å². The fourth-order valence-corrected chi connectivity index (χ4v) is 2.47. The maximum atomic E-state index is 5.61. The number of nitrogens with one attached hydrogen (secondary N) is 2. The number of aliphatic imine (C=N–C) groups is 1. The number of guanidine groups is 1. The van der Waals surface area contributed by atoms with Crippen molar-refractivity contribution in [2.24, 2.45) is 4.99 Å². The van der Waals surface area contributed by atoms with Gasteiger partial charge in [0.15, 0.2) is 17.5 Å². The molecule has 1 aliphatic rings. The average molecular weight is 454 g/mol. The summed E-state index contributed by atoms with van der Waals surface area (Å²) in [7, 11) is 1.76. The summed E-state index contributed by atoms with van der Waals surface area (Å²) in [6, 6.07) is 11.9. The van der Waals surface area contributed by atoms with Crippen molar-refractivity contribution in [2.75, 3.05) is 26.8 Å². The maximum absolute atomic E-state index is 5.61. The monoisotopic (exact) mass is 454 g/mol. The lowest BCUT2D eigenvalue weighted by molar-refractivity contribution is 0.171. The third-order valence-electron chi connectivity index (χ3n) is 3.70. The highest BCUT2D eigenvalue weighted by molar-refractivity contribution is 14.0. The molecule has 0 spiro atoms. The van der Waals surface area contributed by atoms with E-state index in [0.717, 1.165) is 36.1 Å². The van der Waals surface area contributed by atoms with Crippen molar-refractivity contribution in [2.45, 2.75) is 13.0 Å². The highest BCUT2D eigenvalue weighted by Gasteiger charge is 2.11. The Bertz CT molecular complexity index is 695. The topological polar surface area (TPSA) is 67.8 Å². The molecule has 7 heteroatoms. The van der Waals surface area contributed by atoms with Gasteiger partial charge in [0.2, 0.25) is 0 Å². The minimum Gasteiger partial charge on any atom is -0.486 e. The van der Waals surface area contributed by atoms with Crippen LogP contribution in [0.1, 0.15) is 11.3 Å². The van der Waals surface area contributed by atoms with Gasteiger partial charge in [-0.1, -0.05) is 12.1 Å². The van der Waals surface area contributed by atoms with E-state index in [1.54, 1.807) is 13.2 Å². The molecule has 2 N–H and O–H groups in total. The Morgan fingerprint density at radius 3 is 2.72 bits per heavy atom. The molecule has 0 aliphatic carbocycles. The molecule has 0 atom stereocenters.